The van der Waals surface area contributed by atoms with Crippen LogP contribution in [-0.4, -0.2) is 46.9 Å². The van der Waals surface area contributed by atoms with E-state index in [2.05, 4.69) is 14.7 Å². The van der Waals surface area contributed by atoms with Gasteiger partial charge in [-0.05, 0) is 24.3 Å². The maximum atomic E-state index is 13.3. The minimum atomic E-state index is -4.50. The van der Waals surface area contributed by atoms with Gasteiger partial charge in [0.1, 0.15) is 28.8 Å². The molecule has 2 heterocycles. The van der Waals surface area contributed by atoms with Crippen molar-refractivity contribution in [1.29, 1.82) is 0 Å². The predicted molar refractivity (Wildman–Crippen MR) is 100 cm³/mol. The second-order valence-corrected chi connectivity index (χ2v) is 8.13. The van der Waals surface area contributed by atoms with Crippen LogP contribution in [0.2, 0.25) is 5.02 Å². The van der Waals surface area contributed by atoms with Crippen LogP contribution in [0.1, 0.15) is 5.01 Å². The fourth-order valence-electron chi connectivity index (χ4n) is 2.21. The van der Waals surface area contributed by atoms with Gasteiger partial charge in [-0.15, -0.1) is 15.7 Å². The summed E-state index contributed by atoms with van der Waals surface area (Å²) in [4.78, 5) is 27.7. The van der Waals surface area contributed by atoms with Crippen LogP contribution in [0.3, 0.4) is 0 Å². The Morgan fingerprint density at radius 1 is 1.36 bits per heavy atom. The number of nitrogens with one attached hydrogen (secondary N) is 1. The zero-order valence-corrected chi connectivity index (χ0v) is 16.1. The van der Waals surface area contributed by atoms with Crippen LogP contribution in [0.25, 0.3) is 0 Å². The van der Waals surface area contributed by atoms with Crippen molar-refractivity contribution in [3.05, 3.63) is 57.4 Å². The Morgan fingerprint density at radius 2 is 2.11 bits per heavy atom. The molecular weight excluding hydrogens is 435 g/mol. The number of aliphatic carboxylic acids is 1. The van der Waals surface area contributed by atoms with Gasteiger partial charge in [-0.3, -0.25) is 9.59 Å². The summed E-state index contributed by atoms with van der Waals surface area (Å²) in [6.45, 7) is -1.01. The van der Waals surface area contributed by atoms with Crippen molar-refractivity contribution < 1.29 is 27.5 Å². The van der Waals surface area contributed by atoms with Crippen LogP contribution in [-0.2, 0) is 19.8 Å². The second kappa shape index (κ2) is 7.66. The lowest BCUT2D eigenvalue weighted by molar-refractivity contribution is -0.137. The Labute approximate surface area is 167 Å². The highest BCUT2D eigenvalue weighted by atomic mass is 35.5. The Kier molecular flexibility index (Phi) is 5.45. The van der Waals surface area contributed by atoms with E-state index in [9.17, 15) is 22.4 Å². The molecule has 0 radical (unpaired) electrons. The van der Waals surface area contributed by atoms with Crippen molar-refractivity contribution in [2.45, 2.75) is 0 Å². The van der Waals surface area contributed by atoms with E-state index in [4.69, 9.17) is 16.7 Å². The van der Waals surface area contributed by atoms with Crippen molar-refractivity contribution >= 4 is 56.4 Å². The average Bonchev–Trinajstić information content (AvgIpc) is 3.13. The van der Waals surface area contributed by atoms with Gasteiger partial charge in [0.15, 0.2) is 0 Å². The Morgan fingerprint density at radius 3 is 2.71 bits per heavy atom. The smallest absolute Gasteiger partial charge is 0.346 e. The first kappa shape index (κ1) is 19.9. The van der Waals surface area contributed by atoms with Crippen LogP contribution >= 0.6 is 22.9 Å². The van der Waals surface area contributed by atoms with E-state index in [-0.39, 0.29) is 21.4 Å². The first-order chi connectivity index (χ1) is 13.2. The van der Waals surface area contributed by atoms with Crippen molar-refractivity contribution in [3.63, 3.8) is 0 Å². The number of carboxylic acids is 1. The monoisotopic (exact) mass is 444 g/mol. The van der Waals surface area contributed by atoms with E-state index in [1.165, 1.54) is 12.3 Å². The second-order valence-electron chi connectivity index (χ2n) is 5.30. The quantitative estimate of drug-likeness (QED) is 0.724. The number of hydrogen-bond acceptors (Lipinski definition) is 6. The van der Waals surface area contributed by atoms with Gasteiger partial charge in [-0.25, -0.2) is 13.7 Å². The average molecular weight is 445 g/mol. The molecule has 0 unspecified atom stereocenters. The summed E-state index contributed by atoms with van der Waals surface area (Å²) < 4.78 is 42.1. The van der Waals surface area contributed by atoms with Crippen molar-refractivity contribution in [2.75, 3.05) is 11.9 Å². The molecule has 0 saturated carbocycles. The third kappa shape index (κ3) is 4.18. The van der Waals surface area contributed by atoms with E-state index in [1.807, 2.05) is 0 Å². The van der Waals surface area contributed by atoms with Gasteiger partial charge in [-0.2, -0.15) is 8.42 Å². The number of carboxylic acid groups (broad SMARTS) is 1. The number of carbonyl (C=O) groups excluding carboxylic acids is 1. The SMILES string of the molecule is O=C(O)CN1C(C(=O)Nc2ccc(F)c(Cl)c2)=CC(c2nccs2)=NS1(=O)=O. The number of aromatic nitrogens is 1. The molecule has 146 valence electrons. The number of thiazole rings is 1. The molecule has 2 aromatic rings. The number of allylic oxidation sites excluding steroid dienone is 1. The Hall–Kier alpha value is -2.83. The molecule has 1 aliphatic rings. The number of rotatable bonds is 5. The number of halogens is 2. The normalized spacial score (nSPS) is 15.6. The van der Waals surface area contributed by atoms with Crippen molar-refractivity contribution in [1.82, 2.24) is 9.29 Å². The first-order valence-corrected chi connectivity index (χ1v) is 10.1. The molecule has 1 amide bonds. The minimum absolute atomic E-state index is 0.0864. The topological polar surface area (TPSA) is 129 Å². The van der Waals surface area contributed by atoms with Crippen molar-refractivity contribution in [3.8, 4) is 0 Å². The zero-order valence-electron chi connectivity index (χ0n) is 13.7. The summed E-state index contributed by atoms with van der Waals surface area (Å²) in [6.07, 6.45) is 2.54. The summed E-state index contributed by atoms with van der Waals surface area (Å²) in [5.41, 5.74) is -0.509. The number of nitrogens with zero attached hydrogens (tertiary/aromatic N) is 3. The third-order valence-corrected chi connectivity index (χ3v) is 5.77. The van der Waals surface area contributed by atoms with Crippen LogP contribution < -0.4 is 5.32 Å². The molecule has 3 rings (SSSR count). The third-order valence-electron chi connectivity index (χ3n) is 3.37. The first-order valence-electron chi connectivity index (χ1n) is 7.40. The summed E-state index contributed by atoms with van der Waals surface area (Å²) >= 11 is 6.76. The van der Waals surface area contributed by atoms with Gasteiger partial charge < -0.3 is 10.4 Å². The lowest BCUT2D eigenvalue weighted by atomic mass is 10.2. The molecule has 28 heavy (non-hydrogen) atoms. The van der Waals surface area contributed by atoms with E-state index in [1.54, 1.807) is 5.38 Å². The van der Waals surface area contributed by atoms with E-state index in [0.717, 1.165) is 29.5 Å². The van der Waals surface area contributed by atoms with E-state index in [0.29, 0.717) is 4.31 Å². The van der Waals surface area contributed by atoms with Gasteiger partial charge in [0.25, 0.3) is 5.91 Å². The van der Waals surface area contributed by atoms with Crippen LogP contribution in [0.5, 0.6) is 0 Å². The Balaban J connectivity index is 2.01. The molecule has 0 spiro atoms. The van der Waals surface area contributed by atoms with E-state index < -0.39 is 40.1 Å². The van der Waals surface area contributed by atoms with Gasteiger partial charge in [-0.1, -0.05) is 11.6 Å². The van der Waals surface area contributed by atoms with Crippen LogP contribution in [0, 0.1) is 5.82 Å². The summed E-state index contributed by atoms with van der Waals surface area (Å²) in [5.74, 6) is -3.14. The Bertz CT molecular complexity index is 1120. The van der Waals surface area contributed by atoms with Crippen LogP contribution in [0.4, 0.5) is 10.1 Å². The molecule has 13 heteroatoms. The van der Waals surface area contributed by atoms with Gasteiger partial charge in [0.2, 0.25) is 0 Å². The fourth-order valence-corrected chi connectivity index (χ4v) is 4.19. The molecule has 0 aliphatic carbocycles. The number of anilines is 1. The molecular formula is C15H10ClFN4O5S2. The molecule has 1 aliphatic heterocycles. The summed E-state index contributed by atoms with van der Waals surface area (Å²) in [7, 11) is -4.50. The highest BCUT2D eigenvalue weighted by molar-refractivity contribution is 7.88. The maximum Gasteiger partial charge on any atom is 0.346 e. The maximum absolute atomic E-state index is 13.3. The predicted octanol–water partition coefficient (Wildman–Crippen LogP) is 1.89. The van der Waals surface area contributed by atoms with Gasteiger partial charge >= 0.3 is 16.2 Å². The van der Waals surface area contributed by atoms with E-state index >= 15 is 0 Å². The van der Waals surface area contributed by atoms with Crippen LogP contribution in [0.15, 0.2) is 45.9 Å². The largest absolute Gasteiger partial charge is 0.480 e. The molecule has 0 saturated heterocycles. The number of amides is 1. The molecule has 2 N–H and O–H groups in total. The highest BCUT2D eigenvalue weighted by Crippen LogP contribution is 2.24. The molecule has 0 atom stereocenters. The molecule has 0 fully saturated rings. The molecule has 9 nitrogen and oxygen atoms in total. The lowest BCUT2D eigenvalue weighted by Crippen LogP contribution is -2.41. The molecule has 1 aromatic carbocycles. The highest BCUT2D eigenvalue weighted by Gasteiger charge is 2.35. The minimum Gasteiger partial charge on any atom is -0.480 e. The summed E-state index contributed by atoms with van der Waals surface area (Å²) in [5, 5.41) is 12.9. The zero-order chi connectivity index (χ0) is 20.5. The lowest BCUT2D eigenvalue weighted by Gasteiger charge is -2.25. The standard InChI is InChI=1S/C15H10ClFN4O5S2/c16-9-5-8(1-2-10(9)17)19-14(24)12-6-11(15-18-3-4-27-15)20-28(25,26)21(12)7-13(22)23/h1-6H,7H2,(H,19,24)(H,22,23). The van der Waals surface area contributed by atoms with Gasteiger partial charge in [0, 0.05) is 17.3 Å². The van der Waals surface area contributed by atoms with Crippen molar-refractivity contribution in [2.24, 2.45) is 4.40 Å². The van der Waals surface area contributed by atoms with Gasteiger partial charge in [0.05, 0.1) is 5.02 Å². The number of hydrogen-bond donors (Lipinski definition) is 2. The number of benzene rings is 1. The molecule has 0 bridgehead atoms. The fraction of sp³-hybridized carbons (Fsp3) is 0.0667. The summed E-state index contributed by atoms with van der Waals surface area (Å²) in [6, 6.07) is 3.36. The number of carbonyl (C=O) groups is 2. The molecule has 1 aromatic heterocycles.